The molecule has 0 fully saturated rings. The highest BCUT2D eigenvalue weighted by molar-refractivity contribution is 5.69. The number of aromatic hydroxyl groups is 1. The maximum Gasteiger partial charge on any atom is 0.332 e. The van der Waals surface area contributed by atoms with E-state index in [-0.39, 0.29) is 11.2 Å². The first-order valence-electron chi connectivity index (χ1n) is 9.42. The number of aromatic nitrogens is 4. The molecule has 0 saturated carbocycles. The Kier molecular flexibility index (Phi) is 5.69. The molecule has 2 aromatic heterocycles. The standard InChI is InChI=1S/C20H27N5O3/c1-13-10-15(11-14(2)17(13)26)6-8-21-7-5-9-25-12-22-18-16(25)19(27)24(4)20(28)23(18)3/h10-12,21,26H,5-9H2,1-4H3. The van der Waals surface area contributed by atoms with Gasteiger partial charge in [0.15, 0.2) is 11.2 Å². The highest BCUT2D eigenvalue weighted by Crippen LogP contribution is 2.22. The zero-order valence-electron chi connectivity index (χ0n) is 16.8. The number of aryl methyl sites for hydroxylation is 4. The van der Waals surface area contributed by atoms with Crippen LogP contribution in [0.25, 0.3) is 11.2 Å². The average molecular weight is 385 g/mol. The second-order valence-electron chi connectivity index (χ2n) is 7.25. The van der Waals surface area contributed by atoms with Crippen LogP contribution >= 0.6 is 0 Å². The lowest BCUT2D eigenvalue weighted by atomic mass is 10.0. The van der Waals surface area contributed by atoms with E-state index >= 15 is 0 Å². The molecular weight excluding hydrogens is 358 g/mol. The van der Waals surface area contributed by atoms with Gasteiger partial charge in [0.05, 0.1) is 6.33 Å². The summed E-state index contributed by atoms with van der Waals surface area (Å²) < 4.78 is 4.32. The van der Waals surface area contributed by atoms with Crippen molar-refractivity contribution in [3.8, 4) is 5.75 Å². The van der Waals surface area contributed by atoms with E-state index in [1.54, 1.807) is 13.4 Å². The topological polar surface area (TPSA) is 94.1 Å². The average Bonchev–Trinajstić information content (AvgIpc) is 3.09. The molecule has 0 amide bonds. The number of hydrogen-bond donors (Lipinski definition) is 2. The first-order valence-corrected chi connectivity index (χ1v) is 9.42. The highest BCUT2D eigenvalue weighted by atomic mass is 16.3. The Hall–Kier alpha value is -2.87. The molecule has 150 valence electrons. The first kappa shape index (κ1) is 19.9. The van der Waals surface area contributed by atoms with Crippen molar-refractivity contribution in [2.45, 2.75) is 33.2 Å². The third kappa shape index (κ3) is 3.73. The van der Waals surface area contributed by atoms with Crippen LogP contribution in [0.15, 0.2) is 28.0 Å². The van der Waals surface area contributed by atoms with Crippen molar-refractivity contribution in [3.63, 3.8) is 0 Å². The molecule has 0 aliphatic carbocycles. The number of rotatable bonds is 7. The Morgan fingerprint density at radius 1 is 1.07 bits per heavy atom. The molecule has 3 rings (SSSR count). The zero-order valence-corrected chi connectivity index (χ0v) is 16.8. The number of nitrogens with zero attached hydrogens (tertiary/aromatic N) is 4. The summed E-state index contributed by atoms with van der Waals surface area (Å²) in [7, 11) is 3.10. The molecule has 0 unspecified atom stereocenters. The fourth-order valence-electron chi connectivity index (χ4n) is 3.49. The molecule has 0 radical (unpaired) electrons. The van der Waals surface area contributed by atoms with Gasteiger partial charge in [-0.15, -0.1) is 0 Å². The van der Waals surface area contributed by atoms with Crippen LogP contribution < -0.4 is 16.6 Å². The summed E-state index contributed by atoms with van der Waals surface area (Å²) in [6, 6.07) is 4.03. The minimum Gasteiger partial charge on any atom is -0.507 e. The molecule has 2 heterocycles. The van der Waals surface area contributed by atoms with Gasteiger partial charge < -0.3 is 15.0 Å². The van der Waals surface area contributed by atoms with Crippen molar-refractivity contribution in [2.75, 3.05) is 13.1 Å². The van der Waals surface area contributed by atoms with Gasteiger partial charge in [0, 0.05) is 20.6 Å². The molecule has 0 bridgehead atoms. The largest absolute Gasteiger partial charge is 0.507 e. The third-order valence-corrected chi connectivity index (χ3v) is 5.11. The molecule has 8 nitrogen and oxygen atoms in total. The quantitative estimate of drug-likeness (QED) is 0.591. The number of phenols is 1. The predicted octanol–water partition coefficient (Wildman–Crippen LogP) is 0.979. The molecule has 0 spiro atoms. The molecule has 3 aromatic rings. The first-order chi connectivity index (χ1) is 13.3. The van der Waals surface area contributed by atoms with Crippen LogP contribution in [0.1, 0.15) is 23.1 Å². The molecule has 2 N–H and O–H groups in total. The van der Waals surface area contributed by atoms with Gasteiger partial charge in [-0.05, 0) is 56.5 Å². The van der Waals surface area contributed by atoms with Crippen molar-refractivity contribution >= 4 is 11.2 Å². The van der Waals surface area contributed by atoms with Gasteiger partial charge in [0.1, 0.15) is 5.75 Å². The van der Waals surface area contributed by atoms with Gasteiger partial charge in [-0.2, -0.15) is 0 Å². The normalized spacial score (nSPS) is 11.4. The van der Waals surface area contributed by atoms with Crippen molar-refractivity contribution in [2.24, 2.45) is 14.1 Å². The van der Waals surface area contributed by atoms with Crippen molar-refractivity contribution < 1.29 is 5.11 Å². The number of nitrogens with one attached hydrogen (secondary N) is 1. The number of phenolic OH excluding ortho intramolecular Hbond substituents is 1. The van der Waals surface area contributed by atoms with Crippen LogP contribution in [0, 0.1) is 13.8 Å². The Morgan fingerprint density at radius 3 is 2.43 bits per heavy atom. The van der Waals surface area contributed by atoms with E-state index < -0.39 is 0 Å². The minimum atomic E-state index is -0.371. The lowest BCUT2D eigenvalue weighted by Crippen LogP contribution is -2.37. The summed E-state index contributed by atoms with van der Waals surface area (Å²) in [5.74, 6) is 0.368. The van der Waals surface area contributed by atoms with Gasteiger partial charge in [0.2, 0.25) is 0 Å². The fourth-order valence-corrected chi connectivity index (χ4v) is 3.49. The van der Waals surface area contributed by atoms with Gasteiger partial charge >= 0.3 is 5.69 Å². The van der Waals surface area contributed by atoms with E-state index in [4.69, 9.17) is 0 Å². The van der Waals surface area contributed by atoms with Crippen LogP contribution in [0.4, 0.5) is 0 Å². The SMILES string of the molecule is Cc1cc(CCNCCCn2cnc3c2c(=O)n(C)c(=O)n3C)cc(C)c1O. The van der Waals surface area contributed by atoms with E-state index in [9.17, 15) is 14.7 Å². The molecule has 8 heteroatoms. The Balaban J connectivity index is 1.55. The van der Waals surface area contributed by atoms with Gasteiger partial charge in [0.25, 0.3) is 5.56 Å². The summed E-state index contributed by atoms with van der Waals surface area (Å²) in [6.07, 6.45) is 3.34. The van der Waals surface area contributed by atoms with Crippen molar-refractivity contribution in [3.05, 3.63) is 56.0 Å². The summed E-state index contributed by atoms with van der Waals surface area (Å²) >= 11 is 0. The van der Waals surface area contributed by atoms with Crippen LogP contribution in [0.5, 0.6) is 5.75 Å². The maximum absolute atomic E-state index is 12.4. The van der Waals surface area contributed by atoms with E-state index in [0.29, 0.717) is 23.5 Å². The van der Waals surface area contributed by atoms with Crippen LogP contribution in [-0.2, 0) is 27.1 Å². The fraction of sp³-hybridized carbons (Fsp3) is 0.450. The Labute approximate surface area is 163 Å². The van der Waals surface area contributed by atoms with E-state index in [1.165, 1.54) is 17.2 Å². The second kappa shape index (κ2) is 8.02. The summed E-state index contributed by atoms with van der Waals surface area (Å²) in [5, 5.41) is 13.3. The summed E-state index contributed by atoms with van der Waals surface area (Å²) in [4.78, 5) is 28.6. The Bertz CT molecular complexity index is 1100. The smallest absolute Gasteiger partial charge is 0.332 e. The predicted molar refractivity (Wildman–Crippen MR) is 109 cm³/mol. The Morgan fingerprint density at radius 2 is 1.75 bits per heavy atom. The molecule has 0 aliphatic heterocycles. The van der Waals surface area contributed by atoms with E-state index in [0.717, 1.165) is 41.6 Å². The lowest BCUT2D eigenvalue weighted by molar-refractivity contribution is 0.466. The monoisotopic (exact) mass is 385 g/mol. The van der Waals surface area contributed by atoms with E-state index in [2.05, 4.69) is 10.3 Å². The molecule has 0 saturated heterocycles. The van der Waals surface area contributed by atoms with Crippen LogP contribution in [0.3, 0.4) is 0 Å². The number of benzene rings is 1. The maximum atomic E-state index is 12.4. The summed E-state index contributed by atoms with van der Waals surface area (Å²) in [6.45, 7) is 6.12. The third-order valence-electron chi connectivity index (χ3n) is 5.11. The van der Waals surface area contributed by atoms with Gasteiger partial charge in [-0.1, -0.05) is 12.1 Å². The minimum absolute atomic E-state index is 0.318. The van der Waals surface area contributed by atoms with Crippen molar-refractivity contribution in [1.82, 2.24) is 24.0 Å². The second-order valence-corrected chi connectivity index (χ2v) is 7.25. The van der Waals surface area contributed by atoms with Crippen LogP contribution in [-0.4, -0.2) is 36.9 Å². The molecule has 1 aromatic carbocycles. The van der Waals surface area contributed by atoms with Crippen LogP contribution in [0.2, 0.25) is 0 Å². The lowest BCUT2D eigenvalue weighted by Gasteiger charge is -2.09. The summed E-state index contributed by atoms with van der Waals surface area (Å²) in [5.41, 5.74) is 3.19. The number of imidazole rings is 1. The number of fused-ring (bicyclic) bond motifs is 1. The molecule has 0 aliphatic rings. The molecule has 0 atom stereocenters. The van der Waals surface area contributed by atoms with Crippen molar-refractivity contribution in [1.29, 1.82) is 0 Å². The van der Waals surface area contributed by atoms with Gasteiger partial charge in [-0.3, -0.25) is 13.9 Å². The molecular formula is C20H27N5O3. The zero-order chi connectivity index (χ0) is 20.4. The molecule has 28 heavy (non-hydrogen) atoms. The van der Waals surface area contributed by atoms with Gasteiger partial charge in [-0.25, -0.2) is 9.78 Å². The highest BCUT2D eigenvalue weighted by Gasteiger charge is 2.13. The number of hydrogen-bond acceptors (Lipinski definition) is 5. The van der Waals surface area contributed by atoms with E-state index in [1.807, 2.05) is 30.5 Å².